The second-order valence-corrected chi connectivity index (χ2v) is 12.9. The predicted octanol–water partition coefficient (Wildman–Crippen LogP) is 6.98. The molecule has 3 aromatic rings. The van der Waals surface area contributed by atoms with Gasteiger partial charge in [0.15, 0.2) is 0 Å². The Morgan fingerprint density at radius 3 is 2.17 bits per heavy atom. The lowest BCUT2D eigenvalue weighted by atomic mass is 10.0. The number of fused-ring (bicyclic) bond motifs is 3. The Balaban J connectivity index is 1.41. The molecule has 2 aromatic carbocycles. The van der Waals surface area contributed by atoms with Crippen molar-refractivity contribution in [3.05, 3.63) is 57.7 Å². The fourth-order valence-corrected chi connectivity index (χ4v) is 4.82. The molecule has 0 saturated heterocycles. The van der Waals surface area contributed by atoms with Crippen LogP contribution in [0.3, 0.4) is 0 Å². The van der Waals surface area contributed by atoms with Crippen molar-refractivity contribution >= 4 is 63.6 Å². The number of nitrogens with zero attached hydrogens (tertiary/aromatic N) is 2. The predicted molar refractivity (Wildman–Crippen MR) is 168 cm³/mol. The van der Waals surface area contributed by atoms with Crippen molar-refractivity contribution in [1.82, 2.24) is 20.5 Å². The summed E-state index contributed by atoms with van der Waals surface area (Å²) in [5, 5.41) is 10.6. The van der Waals surface area contributed by atoms with Gasteiger partial charge in [-0.3, -0.25) is 20.5 Å². The molecule has 1 aliphatic rings. The average Bonchev–Trinajstić information content (AvgIpc) is 3.21. The van der Waals surface area contributed by atoms with Crippen LogP contribution in [0.25, 0.3) is 10.9 Å². The van der Waals surface area contributed by atoms with Crippen molar-refractivity contribution in [1.29, 1.82) is 0 Å². The zero-order chi connectivity index (χ0) is 30.7. The fraction of sp³-hybridized carbons (Fsp3) is 0.433. The molecule has 12 heteroatoms. The number of guanidine groups is 1. The van der Waals surface area contributed by atoms with Crippen LogP contribution < -0.4 is 16.0 Å². The fourth-order valence-electron chi connectivity index (χ4n) is 4.52. The molecule has 0 bridgehead atoms. The number of carbonyl (C=O) groups excluding carboxylic acids is 2. The smallest absolute Gasteiger partial charge is 0.414 e. The first-order valence-corrected chi connectivity index (χ1v) is 14.5. The lowest BCUT2D eigenvalue weighted by Gasteiger charge is -2.26. The molecule has 0 unspecified atom stereocenters. The molecule has 226 valence electrons. The molecular weight excluding hydrogens is 579 g/mol. The largest absolute Gasteiger partial charge is 0.444 e. The summed E-state index contributed by atoms with van der Waals surface area (Å²) < 4.78 is 10.6. The minimum Gasteiger partial charge on any atom is -0.444 e. The van der Waals surface area contributed by atoms with Crippen molar-refractivity contribution in [2.75, 3.05) is 25.0 Å². The van der Waals surface area contributed by atoms with E-state index in [0.29, 0.717) is 23.1 Å². The molecule has 42 heavy (non-hydrogen) atoms. The highest BCUT2D eigenvalue weighted by Gasteiger charge is 2.23. The van der Waals surface area contributed by atoms with Crippen LogP contribution in [0.15, 0.2) is 41.4 Å². The van der Waals surface area contributed by atoms with Crippen molar-refractivity contribution in [3.63, 3.8) is 0 Å². The van der Waals surface area contributed by atoms with Gasteiger partial charge in [0.25, 0.3) is 0 Å². The van der Waals surface area contributed by atoms with Gasteiger partial charge in [-0.1, -0.05) is 23.2 Å². The van der Waals surface area contributed by atoms with E-state index < -0.39 is 23.4 Å². The molecule has 0 saturated carbocycles. The second kappa shape index (κ2) is 12.8. The van der Waals surface area contributed by atoms with Crippen LogP contribution in [0.2, 0.25) is 10.0 Å². The Kier molecular flexibility index (Phi) is 9.60. The van der Waals surface area contributed by atoms with E-state index in [9.17, 15) is 9.59 Å². The van der Waals surface area contributed by atoms with Crippen molar-refractivity contribution < 1.29 is 19.1 Å². The molecule has 2 heterocycles. The third-order valence-electron chi connectivity index (χ3n) is 6.19. The van der Waals surface area contributed by atoms with Crippen molar-refractivity contribution in [2.45, 2.75) is 65.7 Å². The lowest BCUT2D eigenvalue weighted by Crippen LogP contribution is -2.47. The average molecular weight is 618 g/mol. The van der Waals surface area contributed by atoms with Crippen molar-refractivity contribution in [2.24, 2.45) is 4.99 Å². The molecule has 0 fully saturated rings. The summed E-state index contributed by atoms with van der Waals surface area (Å²) in [6, 6.07) is 11.7. The monoisotopic (exact) mass is 616 g/mol. The Morgan fingerprint density at radius 2 is 1.55 bits per heavy atom. The lowest BCUT2D eigenvalue weighted by molar-refractivity contribution is 0.0545. The third-order valence-corrected chi connectivity index (χ3v) is 6.93. The standard InChI is InChI=1S/C30H38Cl2N6O4/c1-29(2,3)41-27(39)36-26(37-28(40)42-30(4,5)6)33-12-14-38-13-11-20-21-15-18(8-10-24(21)35-25(20)17-38)34-19-7-9-22(31)23(32)16-19/h7-10,15-16,34-35H,11-14,17H2,1-6H3,(H2,33,36,37,39,40). The van der Waals surface area contributed by atoms with E-state index in [1.807, 2.05) is 12.1 Å². The first kappa shape index (κ1) is 31.5. The number of aromatic amines is 1. The summed E-state index contributed by atoms with van der Waals surface area (Å²) in [6.07, 6.45) is -0.564. The summed E-state index contributed by atoms with van der Waals surface area (Å²) in [7, 11) is 0. The molecule has 1 aromatic heterocycles. The number of amides is 2. The van der Waals surface area contributed by atoms with Gasteiger partial charge in [-0.15, -0.1) is 0 Å². The first-order valence-electron chi connectivity index (χ1n) is 13.8. The van der Waals surface area contributed by atoms with E-state index in [-0.39, 0.29) is 5.96 Å². The van der Waals surface area contributed by atoms with Crippen LogP contribution in [0.1, 0.15) is 52.8 Å². The molecule has 4 rings (SSSR count). The van der Waals surface area contributed by atoms with Gasteiger partial charge >= 0.3 is 12.2 Å². The normalized spacial score (nSPS) is 13.7. The first-order chi connectivity index (χ1) is 19.6. The van der Waals surface area contributed by atoms with Crippen LogP contribution >= 0.6 is 23.2 Å². The van der Waals surface area contributed by atoms with Gasteiger partial charge in [-0.05, 0) is 89.9 Å². The van der Waals surface area contributed by atoms with Gasteiger partial charge in [-0.25, -0.2) is 9.59 Å². The Labute approximate surface area is 256 Å². The molecule has 4 N–H and O–H groups in total. The van der Waals surface area contributed by atoms with Crippen LogP contribution in [-0.2, 0) is 22.4 Å². The maximum atomic E-state index is 12.3. The van der Waals surface area contributed by atoms with Crippen LogP contribution in [0, 0.1) is 0 Å². The molecule has 0 radical (unpaired) electrons. The number of H-pyrrole nitrogens is 1. The number of alkyl carbamates (subject to hydrolysis) is 2. The number of hydrogen-bond acceptors (Lipinski definition) is 7. The van der Waals surface area contributed by atoms with Gasteiger partial charge < -0.3 is 19.8 Å². The number of nitrogens with one attached hydrogen (secondary N) is 4. The summed E-state index contributed by atoms with van der Waals surface area (Å²) in [5.74, 6) is -0.0242. The highest BCUT2D eigenvalue weighted by atomic mass is 35.5. The van der Waals surface area contributed by atoms with Crippen molar-refractivity contribution in [3.8, 4) is 0 Å². The topological polar surface area (TPSA) is 120 Å². The number of anilines is 2. The highest BCUT2D eigenvalue weighted by Crippen LogP contribution is 2.32. The van der Waals surface area contributed by atoms with E-state index >= 15 is 0 Å². The van der Waals surface area contributed by atoms with Crippen LogP contribution in [0.5, 0.6) is 0 Å². The van der Waals surface area contributed by atoms with E-state index in [4.69, 9.17) is 32.7 Å². The molecule has 0 spiro atoms. The molecular formula is C30H38Cl2N6O4. The number of aliphatic imine (C=N–C) groups is 1. The number of aromatic nitrogens is 1. The Bertz CT molecular complexity index is 1460. The summed E-state index contributed by atoms with van der Waals surface area (Å²) in [5.41, 5.74) is 3.94. The van der Waals surface area contributed by atoms with Gasteiger partial charge in [0.05, 0.1) is 16.6 Å². The molecule has 0 atom stereocenters. The van der Waals surface area contributed by atoms with Gasteiger partial charge in [0.2, 0.25) is 5.96 Å². The van der Waals surface area contributed by atoms with Crippen LogP contribution in [-0.4, -0.2) is 58.9 Å². The Hall–Kier alpha value is -3.47. The minimum absolute atomic E-state index is 0.0242. The van der Waals surface area contributed by atoms with E-state index in [0.717, 1.165) is 42.1 Å². The highest BCUT2D eigenvalue weighted by molar-refractivity contribution is 6.42. The van der Waals surface area contributed by atoms with E-state index in [1.165, 1.54) is 10.9 Å². The third kappa shape index (κ3) is 9.01. The number of ether oxygens (including phenoxy) is 2. The number of benzene rings is 2. The minimum atomic E-state index is -0.717. The molecule has 0 aliphatic carbocycles. The number of rotatable bonds is 5. The molecule has 2 amide bonds. The maximum Gasteiger partial charge on any atom is 0.414 e. The summed E-state index contributed by atoms with van der Waals surface area (Å²) >= 11 is 12.2. The Morgan fingerprint density at radius 1 is 0.929 bits per heavy atom. The van der Waals surface area contributed by atoms with Gasteiger partial charge in [0, 0.05) is 47.6 Å². The van der Waals surface area contributed by atoms with E-state index in [1.54, 1.807) is 53.7 Å². The molecule has 1 aliphatic heterocycles. The van der Waals surface area contributed by atoms with E-state index in [2.05, 4.69) is 43.0 Å². The number of hydrogen-bond donors (Lipinski definition) is 4. The molecule has 10 nitrogen and oxygen atoms in total. The van der Waals surface area contributed by atoms with Gasteiger partial charge in [-0.2, -0.15) is 0 Å². The zero-order valence-corrected chi connectivity index (χ0v) is 26.3. The number of carbonyl (C=O) groups is 2. The maximum absolute atomic E-state index is 12.3. The van der Waals surface area contributed by atoms with Crippen LogP contribution in [0.4, 0.5) is 21.0 Å². The SMILES string of the molecule is CC(C)(C)OC(=O)NC(=NCCN1CCc2c([nH]c3ccc(Nc4ccc(Cl)c(Cl)c4)cc23)C1)NC(=O)OC(C)(C)C. The summed E-state index contributed by atoms with van der Waals surface area (Å²) in [6.45, 7) is 13.1. The second-order valence-electron chi connectivity index (χ2n) is 12.1. The van der Waals surface area contributed by atoms with Gasteiger partial charge in [0.1, 0.15) is 11.2 Å². The quantitative estimate of drug-likeness (QED) is 0.181. The zero-order valence-electron chi connectivity index (χ0n) is 24.8. The summed E-state index contributed by atoms with van der Waals surface area (Å²) in [4.78, 5) is 34.9. The number of halogens is 2.